The number of hydrogen-bond donors (Lipinski definition) is 0. The molecule has 152 valence electrons. The maximum absolute atomic E-state index is 13.0. The fraction of sp³-hybridized carbons (Fsp3) is 0.333. The molecular formula is C24H23BO5. The lowest BCUT2D eigenvalue weighted by Crippen LogP contribution is -2.41. The van der Waals surface area contributed by atoms with Crippen molar-refractivity contribution in [2.45, 2.75) is 37.7 Å². The van der Waals surface area contributed by atoms with Crippen LogP contribution in [0.2, 0.25) is 0 Å². The number of rotatable bonds is 7. The molecule has 0 spiro atoms. The second kappa shape index (κ2) is 8.48. The van der Waals surface area contributed by atoms with Crippen molar-refractivity contribution in [1.82, 2.24) is 0 Å². The summed E-state index contributed by atoms with van der Waals surface area (Å²) >= 11 is 0. The average molecular weight is 402 g/mol. The first-order valence-electron chi connectivity index (χ1n) is 10.00. The highest BCUT2D eigenvalue weighted by Crippen LogP contribution is 2.56. The van der Waals surface area contributed by atoms with E-state index >= 15 is 0 Å². The van der Waals surface area contributed by atoms with Gasteiger partial charge in [0.1, 0.15) is 21.1 Å². The highest BCUT2D eigenvalue weighted by Gasteiger charge is 2.64. The highest BCUT2D eigenvalue weighted by molar-refractivity contribution is 6.12. The van der Waals surface area contributed by atoms with Crippen LogP contribution in [0.1, 0.15) is 24.0 Å². The molecule has 4 rings (SSSR count). The lowest BCUT2D eigenvalue weighted by molar-refractivity contribution is -0.162. The van der Waals surface area contributed by atoms with Gasteiger partial charge in [-0.15, -0.1) is 0 Å². The van der Waals surface area contributed by atoms with Crippen molar-refractivity contribution in [1.29, 1.82) is 0 Å². The summed E-state index contributed by atoms with van der Waals surface area (Å²) in [5, 5.41) is 0. The third kappa shape index (κ3) is 4.05. The van der Waals surface area contributed by atoms with Gasteiger partial charge in [-0.2, -0.15) is 0 Å². The predicted molar refractivity (Wildman–Crippen MR) is 111 cm³/mol. The van der Waals surface area contributed by atoms with Crippen molar-refractivity contribution in [2.75, 3.05) is 0 Å². The fourth-order valence-corrected chi connectivity index (χ4v) is 4.48. The Morgan fingerprint density at radius 1 is 1.00 bits per heavy atom. The quantitative estimate of drug-likeness (QED) is 0.404. The molecule has 2 aliphatic rings. The lowest BCUT2D eigenvalue weighted by Gasteiger charge is -2.31. The Balaban J connectivity index is 1.44. The van der Waals surface area contributed by atoms with E-state index in [1.54, 1.807) is 0 Å². The van der Waals surface area contributed by atoms with Crippen LogP contribution in [0.5, 0.6) is 0 Å². The van der Waals surface area contributed by atoms with E-state index in [0.29, 0.717) is 6.42 Å². The van der Waals surface area contributed by atoms with E-state index in [4.69, 9.17) is 22.1 Å². The van der Waals surface area contributed by atoms with Crippen LogP contribution in [0.25, 0.3) is 0 Å². The summed E-state index contributed by atoms with van der Waals surface area (Å²) in [7, 11) is 6.13. The molecule has 1 aliphatic heterocycles. The Hall–Kier alpha value is -2.86. The Morgan fingerprint density at radius 3 is 2.13 bits per heavy atom. The number of benzene rings is 2. The standard InChI is InChI=1S/C24H23BO5/c1-16-12-24(13-19(26)28-14-17-8-4-2-5-9-17)21(20(16)22(25)30-24)23(27)29-15-18-10-6-3-7-11-18/h2-11,20-22H,1,12-15H2/t20?,21?,22-,24-/m1/s1. The molecule has 1 saturated heterocycles. The lowest BCUT2D eigenvalue weighted by atomic mass is 9.79. The summed E-state index contributed by atoms with van der Waals surface area (Å²) in [5.74, 6) is -1.91. The van der Waals surface area contributed by atoms with Crippen LogP contribution in [0.4, 0.5) is 0 Å². The average Bonchev–Trinajstić information content (AvgIpc) is 3.18. The molecule has 4 atom stereocenters. The number of carbonyl (C=O) groups is 2. The molecule has 2 bridgehead atoms. The number of fused-ring (bicyclic) bond motifs is 2. The highest BCUT2D eigenvalue weighted by atomic mass is 16.6. The van der Waals surface area contributed by atoms with Crippen molar-refractivity contribution < 1.29 is 23.8 Å². The van der Waals surface area contributed by atoms with Gasteiger partial charge in [0.15, 0.2) is 0 Å². The molecule has 1 saturated carbocycles. The molecule has 6 heteroatoms. The maximum Gasteiger partial charge on any atom is 0.312 e. The van der Waals surface area contributed by atoms with E-state index in [-0.39, 0.29) is 25.6 Å². The van der Waals surface area contributed by atoms with Crippen molar-refractivity contribution in [3.8, 4) is 0 Å². The van der Waals surface area contributed by atoms with Crippen LogP contribution in [-0.2, 0) is 37.0 Å². The first-order valence-corrected chi connectivity index (χ1v) is 10.00. The number of esters is 2. The number of ether oxygens (including phenoxy) is 3. The smallest absolute Gasteiger partial charge is 0.312 e. The van der Waals surface area contributed by atoms with Gasteiger partial charge in [-0.3, -0.25) is 9.59 Å². The predicted octanol–water partition coefficient (Wildman–Crippen LogP) is 3.32. The van der Waals surface area contributed by atoms with Gasteiger partial charge in [0.2, 0.25) is 0 Å². The monoisotopic (exact) mass is 402 g/mol. The molecule has 2 radical (unpaired) electrons. The van der Waals surface area contributed by atoms with E-state index in [1.165, 1.54) is 0 Å². The molecule has 2 fully saturated rings. The summed E-state index contributed by atoms with van der Waals surface area (Å²) in [6.45, 7) is 4.38. The zero-order valence-electron chi connectivity index (χ0n) is 16.7. The number of hydrogen-bond acceptors (Lipinski definition) is 5. The Bertz CT molecular complexity index is 929. The third-order valence-electron chi connectivity index (χ3n) is 5.81. The Kier molecular flexibility index (Phi) is 5.77. The molecule has 0 aromatic heterocycles. The van der Waals surface area contributed by atoms with E-state index in [1.807, 2.05) is 60.7 Å². The number of carbonyl (C=O) groups excluding carboxylic acids is 2. The summed E-state index contributed by atoms with van der Waals surface area (Å²) in [4.78, 5) is 25.6. The SMILES string of the molecule is [B][C@@H]1O[C@@]2(CC(=O)OCc3ccccc3)CC(=C)C1C2C(=O)OCc1ccccc1. The normalized spacial score (nSPS) is 27.1. The van der Waals surface area contributed by atoms with Crippen LogP contribution >= 0.6 is 0 Å². The summed E-state index contributed by atoms with van der Waals surface area (Å²) in [6, 6.07) is 18.2. The minimum atomic E-state index is -1.07. The van der Waals surface area contributed by atoms with Gasteiger partial charge in [-0.25, -0.2) is 0 Å². The van der Waals surface area contributed by atoms with Crippen LogP contribution in [-0.4, -0.2) is 31.4 Å². The van der Waals surface area contributed by atoms with Gasteiger partial charge in [-0.1, -0.05) is 72.8 Å². The van der Waals surface area contributed by atoms with Crippen LogP contribution in [0, 0.1) is 11.8 Å². The van der Waals surface area contributed by atoms with Gasteiger partial charge < -0.3 is 14.2 Å². The van der Waals surface area contributed by atoms with Crippen molar-refractivity contribution in [2.24, 2.45) is 11.8 Å². The first-order chi connectivity index (χ1) is 14.5. The largest absolute Gasteiger partial charge is 0.461 e. The van der Waals surface area contributed by atoms with Crippen molar-refractivity contribution >= 4 is 19.8 Å². The van der Waals surface area contributed by atoms with Gasteiger partial charge in [0.25, 0.3) is 0 Å². The van der Waals surface area contributed by atoms with E-state index in [2.05, 4.69) is 6.58 Å². The second-order valence-electron chi connectivity index (χ2n) is 7.90. The minimum absolute atomic E-state index is 0.0752. The Labute approximate surface area is 177 Å². The second-order valence-corrected chi connectivity index (χ2v) is 7.90. The summed E-state index contributed by atoms with van der Waals surface area (Å²) in [5.41, 5.74) is 1.52. The zero-order valence-corrected chi connectivity index (χ0v) is 16.7. The van der Waals surface area contributed by atoms with Crippen molar-refractivity contribution in [3.05, 3.63) is 83.9 Å². The fourth-order valence-electron chi connectivity index (χ4n) is 4.48. The maximum atomic E-state index is 13.0. The molecule has 1 heterocycles. The molecule has 2 unspecified atom stereocenters. The van der Waals surface area contributed by atoms with Gasteiger partial charge in [-0.05, 0) is 17.5 Å². The molecule has 1 aliphatic carbocycles. The molecule has 2 aromatic carbocycles. The molecule has 30 heavy (non-hydrogen) atoms. The topological polar surface area (TPSA) is 61.8 Å². The summed E-state index contributed by atoms with van der Waals surface area (Å²) < 4.78 is 16.9. The van der Waals surface area contributed by atoms with Crippen LogP contribution < -0.4 is 0 Å². The third-order valence-corrected chi connectivity index (χ3v) is 5.81. The van der Waals surface area contributed by atoms with Gasteiger partial charge in [0.05, 0.1) is 17.9 Å². The molecular weight excluding hydrogens is 379 g/mol. The molecule has 0 amide bonds. The zero-order chi connectivity index (χ0) is 21.1. The van der Waals surface area contributed by atoms with Gasteiger partial charge in [0, 0.05) is 11.9 Å². The van der Waals surface area contributed by atoms with Crippen molar-refractivity contribution in [3.63, 3.8) is 0 Å². The minimum Gasteiger partial charge on any atom is -0.461 e. The molecule has 2 aromatic rings. The Morgan fingerprint density at radius 2 is 1.57 bits per heavy atom. The van der Waals surface area contributed by atoms with E-state index in [0.717, 1.165) is 16.7 Å². The summed E-state index contributed by atoms with van der Waals surface area (Å²) in [6.07, 6.45) is 0.311. The van der Waals surface area contributed by atoms with Gasteiger partial charge >= 0.3 is 11.9 Å². The van der Waals surface area contributed by atoms with Crippen LogP contribution in [0.15, 0.2) is 72.8 Å². The molecule has 5 nitrogen and oxygen atoms in total. The van der Waals surface area contributed by atoms with E-state index < -0.39 is 29.5 Å². The molecule has 0 N–H and O–H groups in total. The first kappa shape index (κ1) is 20.4. The van der Waals surface area contributed by atoms with E-state index in [9.17, 15) is 9.59 Å². The van der Waals surface area contributed by atoms with Crippen LogP contribution in [0.3, 0.4) is 0 Å².